The number of amides is 2. The van der Waals surface area contributed by atoms with Gasteiger partial charge < -0.3 is 10.1 Å². The number of fused-ring (bicyclic) bond motifs is 9. The van der Waals surface area contributed by atoms with Crippen molar-refractivity contribution in [3.05, 3.63) is 50.4 Å². The second-order valence-electron chi connectivity index (χ2n) is 8.93. The molecule has 1 aromatic heterocycles. The standard InChI is InChI=1S/C22H20N2O5S2/c1-8(21(27)28)24-19(25)14-10-7-11(15(14)20(24)26)16-13(10)12(9-5-3-2-4-6-9)17-18(30-16)23-22(29)31-17/h2-6,8,10-16H,7H2,1H3,(H,23,29)(H,27,28)/t8-,10-,11-,12-,13+,14-,15+,16-/m1/s1. The van der Waals surface area contributed by atoms with Gasteiger partial charge in [0.25, 0.3) is 0 Å². The van der Waals surface area contributed by atoms with Crippen molar-refractivity contribution in [2.45, 2.75) is 35.6 Å². The number of aromatic amines is 1. The number of aliphatic carboxylic acids is 1. The van der Waals surface area contributed by atoms with E-state index in [0.29, 0.717) is 0 Å². The number of hydrogen-bond acceptors (Lipinski definition) is 6. The summed E-state index contributed by atoms with van der Waals surface area (Å²) < 4.78 is 0. The summed E-state index contributed by atoms with van der Waals surface area (Å²) >= 11 is 2.87. The van der Waals surface area contributed by atoms with Crippen LogP contribution in [0.2, 0.25) is 0 Å². The summed E-state index contributed by atoms with van der Waals surface area (Å²) in [5.74, 6) is -2.59. The topological polar surface area (TPSA) is 108 Å². The molecule has 3 fully saturated rings. The van der Waals surface area contributed by atoms with Gasteiger partial charge in [0.1, 0.15) is 6.04 Å². The molecular weight excluding hydrogens is 436 g/mol. The van der Waals surface area contributed by atoms with Crippen LogP contribution in [0.5, 0.6) is 0 Å². The number of H-pyrrole nitrogens is 1. The fraction of sp³-hybridized carbons (Fsp3) is 0.455. The molecule has 8 atom stereocenters. The molecule has 2 bridgehead atoms. The van der Waals surface area contributed by atoms with E-state index in [4.69, 9.17) is 0 Å². The van der Waals surface area contributed by atoms with Gasteiger partial charge in [-0.15, -0.1) is 11.8 Å². The van der Waals surface area contributed by atoms with Crippen molar-refractivity contribution in [2.24, 2.45) is 29.6 Å². The Kier molecular flexibility index (Phi) is 4.08. The van der Waals surface area contributed by atoms with Crippen molar-refractivity contribution in [3.8, 4) is 0 Å². The van der Waals surface area contributed by atoms with Crippen molar-refractivity contribution < 1.29 is 19.5 Å². The van der Waals surface area contributed by atoms with Crippen molar-refractivity contribution in [1.82, 2.24) is 9.88 Å². The van der Waals surface area contributed by atoms with Gasteiger partial charge >= 0.3 is 10.8 Å². The minimum atomic E-state index is -1.16. The Balaban J connectivity index is 1.46. The average molecular weight is 457 g/mol. The zero-order valence-corrected chi connectivity index (χ0v) is 18.2. The van der Waals surface area contributed by atoms with Crippen LogP contribution in [0.1, 0.15) is 29.7 Å². The highest BCUT2D eigenvalue weighted by Crippen LogP contribution is 2.68. The first-order valence-electron chi connectivity index (χ1n) is 10.4. The van der Waals surface area contributed by atoms with E-state index < -0.39 is 23.8 Å². The lowest BCUT2D eigenvalue weighted by Gasteiger charge is -2.43. The van der Waals surface area contributed by atoms with Gasteiger partial charge in [0.2, 0.25) is 11.8 Å². The number of aromatic nitrogens is 1. The number of nitrogens with zero attached hydrogens (tertiary/aromatic N) is 1. The van der Waals surface area contributed by atoms with Gasteiger partial charge in [-0.2, -0.15) is 0 Å². The van der Waals surface area contributed by atoms with E-state index in [9.17, 15) is 24.3 Å². The Hall–Kier alpha value is -2.39. The number of carbonyl (C=O) groups excluding carboxylic acids is 2. The molecule has 2 N–H and O–H groups in total. The van der Waals surface area contributed by atoms with Crippen LogP contribution in [-0.2, 0) is 14.4 Å². The Bertz CT molecular complexity index is 1170. The zero-order chi connectivity index (χ0) is 21.6. The number of thiazole rings is 1. The van der Waals surface area contributed by atoms with E-state index in [1.165, 1.54) is 18.3 Å². The monoisotopic (exact) mass is 456 g/mol. The lowest BCUT2D eigenvalue weighted by molar-refractivity contribution is -0.154. The maximum Gasteiger partial charge on any atom is 0.326 e. The number of likely N-dealkylation sites (tertiary alicyclic amines) is 1. The summed E-state index contributed by atoms with van der Waals surface area (Å²) in [6, 6.07) is 8.91. The molecule has 2 amide bonds. The number of carboxylic acid groups (broad SMARTS) is 1. The zero-order valence-electron chi connectivity index (χ0n) is 16.6. The number of carbonyl (C=O) groups is 3. The van der Waals surface area contributed by atoms with Gasteiger partial charge in [0.15, 0.2) is 0 Å². The van der Waals surface area contributed by atoms with Crippen LogP contribution < -0.4 is 4.87 Å². The summed E-state index contributed by atoms with van der Waals surface area (Å²) in [7, 11) is 0. The Morgan fingerprint density at radius 1 is 1.13 bits per heavy atom. The molecule has 2 aliphatic carbocycles. The molecule has 0 radical (unpaired) electrons. The van der Waals surface area contributed by atoms with E-state index >= 15 is 0 Å². The van der Waals surface area contributed by atoms with Crippen LogP contribution in [-0.4, -0.2) is 44.1 Å². The molecule has 160 valence electrons. The molecule has 2 aromatic rings. The van der Waals surface area contributed by atoms with Gasteiger partial charge in [-0.25, -0.2) is 4.79 Å². The first-order valence-corrected chi connectivity index (χ1v) is 12.1. The predicted molar refractivity (Wildman–Crippen MR) is 114 cm³/mol. The molecule has 31 heavy (non-hydrogen) atoms. The molecule has 7 nitrogen and oxygen atoms in total. The predicted octanol–water partition coefficient (Wildman–Crippen LogP) is 2.38. The van der Waals surface area contributed by atoms with Crippen molar-refractivity contribution in [2.75, 3.05) is 0 Å². The van der Waals surface area contributed by atoms with Crippen LogP contribution in [0.15, 0.2) is 40.2 Å². The first kappa shape index (κ1) is 19.3. The third-order valence-electron chi connectivity index (χ3n) is 7.66. The maximum atomic E-state index is 13.3. The maximum absolute atomic E-state index is 13.3. The molecule has 6 rings (SSSR count). The minimum absolute atomic E-state index is 0.00352. The van der Waals surface area contributed by atoms with Gasteiger partial charge in [-0.3, -0.25) is 19.3 Å². The molecule has 1 saturated heterocycles. The summed E-state index contributed by atoms with van der Waals surface area (Å²) in [5.41, 5.74) is 1.12. The molecule has 0 spiro atoms. The van der Waals surface area contributed by atoms with Crippen LogP contribution in [0, 0.1) is 29.6 Å². The molecule has 3 heterocycles. The average Bonchev–Trinajstić information content (AvgIpc) is 3.47. The Labute approximate surface area is 185 Å². The van der Waals surface area contributed by atoms with Crippen LogP contribution >= 0.6 is 23.1 Å². The Morgan fingerprint density at radius 3 is 2.48 bits per heavy atom. The van der Waals surface area contributed by atoms with Crippen LogP contribution in [0.25, 0.3) is 0 Å². The number of carboxylic acids is 1. The SMILES string of the molecule is C[C@H](C(=O)O)N1C(=O)[C@@H]2[C@@H]3C[C@@H]([C@H]4Sc5[nH]c(=O)sc5[C@H](c5ccccc5)[C@H]34)[C@@H]2C1=O. The molecule has 9 heteroatoms. The minimum Gasteiger partial charge on any atom is -0.480 e. The fourth-order valence-corrected chi connectivity index (χ4v) is 9.45. The van der Waals surface area contributed by atoms with Crippen molar-refractivity contribution >= 4 is 40.9 Å². The van der Waals surface area contributed by atoms with Crippen LogP contribution in [0.3, 0.4) is 0 Å². The molecule has 2 aliphatic heterocycles. The highest BCUT2D eigenvalue weighted by atomic mass is 32.2. The van der Waals surface area contributed by atoms with Gasteiger partial charge in [0.05, 0.1) is 16.9 Å². The highest BCUT2D eigenvalue weighted by Gasteiger charge is 2.70. The molecule has 4 aliphatic rings. The van der Waals surface area contributed by atoms with E-state index in [2.05, 4.69) is 17.1 Å². The smallest absolute Gasteiger partial charge is 0.326 e. The second-order valence-corrected chi connectivity index (χ2v) is 11.1. The number of rotatable bonds is 3. The first-order chi connectivity index (χ1) is 14.9. The number of benzene rings is 1. The fourth-order valence-electron chi connectivity index (χ4n) is 6.57. The Morgan fingerprint density at radius 2 is 1.81 bits per heavy atom. The van der Waals surface area contributed by atoms with E-state index in [0.717, 1.165) is 26.8 Å². The lowest BCUT2D eigenvalue weighted by atomic mass is 9.68. The molecule has 2 saturated carbocycles. The quantitative estimate of drug-likeness (QED) is 0.687. The third kappa shape index (κ3) is 2.47. The highest BCUT2D eigenvalue weighted by molar-refractivity contribution is 8.00. The van der Waals surface area contributed by atoms with Crippen LogP contribution in [0.4, 0.5) is 0 Å². The van der Waals surface area contributed by atoms with Gasteiger partial charge in [-0.1, -0.05) is 41.7 Å². The summed E-state index contributed by atoms with van der Waals surface area (Å²) in [4.78, 5) is 55.1. The normalized spacial score (nSPS) is 36.3. The molecular formula is C22H20N2O5S2. The number of thioether (sulfide) groups is 1. The van der Waals surface area contributed by atoms with Gasteiger partial charge in [0, 0.05) is 16.0 Å². The molecule has 1 aromatic carbocycles. The second kappa shape index (κ2) is 6.56. The number of nitrogens with one attached hydrogen (secondary N) is 1. The third-order valence-corrected chi connectivity index (χ3v) is 10.2. The summed E-state index contributed by atoms with van der Waals surface area (Å²) in [6.45, 7) is 1.40. The summed E-state index contributed by atoms with van der Waals surface area (Å²) in [6.07, 6.45) is 0.799. The van der Waals surface area contributed by atoms with Crippen molar-refractivity contribution in [3.63, 3.8) is 0 Å². The number of imide groups is 1. The van der Waals surface area contributed by atoms with E-state index in [-0.39, 0.29) is 45.6 Å². The van der Waals surface area contributed by atoms with Crippen molar-refractivity contribution in [1.29, 1.82) is 0 Å². The lowest BCUT2D eigenvalue weighted by Crippen LogP contribution is -2.44. The molecule has 0 unspecified atom stereocenters. The summed E-state index contributed by atoms with van der Waals surface area (Å²) in [5, 5.41) is 10.4. The van der Waals surface area contributed by atoms with E-state index in [1.807, 2.05) is 18.2 Å². The number of hydrogen-bond donors (Lipinski definition) is 2. The largest absolute Gasteiger partial charge is 0.480 e. The van der Waals surface area contributed by atoms with E-state index in [1.54, 1.807) is 11.8 Å². The van der Waals surface area contributed by atoms with Gasteiger partial charge in [-0.05, 0) is 36.7 Å².